The maximum atomic E-state index is 13.3. The van der Waals surface area contributed by atoms with Gasteiger partial charge in [0, 0.05) is 12.6 Å². The largest absolute Gasteiger partial charge is 0.418 e. The Morgan fingerprint density at radius 2 is 1.85 bits per heavy atom. The lowest BCUT2D eigenvalue weighted by molar-refractivity contribution is -0.136. The van der Waals surface area contributed by atoms with Gasteiger partial charge in [0.2, 0.25) is 5.91 Å². The first-order chi connectivity index (χ1) is 12.0. The molecule has 26 heavy (non-hydrogen) atoms. The molecule has 0 heterocycles. The Labute approximate surface area is 147 Å². The number of carbonyl (C=O) groups excluding carboxylic acids is 1. The topological polar surface area (TPSA) is 99.1 Å². The van der Waals surface area contributed by atoms with E-state index < -0.39 is 33.4 Å². The molecule has 1 amide bonds. The number of nitriles is 1. The average Bonchev–Trinajstić information content (AvgIpc) is 2.54. The molecule has 0 spiro atoms. The second-order valence-electron chi connectivity index (χ2n) is 5.18. The lowest BCUT2D eigenvalue weighted by Crippen LogP contribution is -2.18. The molecule has 2 N–H and O–H groups in total. The van der Waals surface area contributed by atoms with Crippen molar-refractivity contribution in [1.29, 1.82) is 5.26 Å². The van der Waals surface area contributed by atoms with Crippen molar-refractivity contribution < 1.29 is 26.4 Å². The van der Waals surface area contributed by atoms with Crippen LogP contribution in [-0.2, 0) is 21.0 Å². The van der Waals surface area contributed by atoms with Gasteiger partial charge in [-0.25, -0.2) is 8.42 Å². The van der Waals surface area contributed by atoms with Gasteiger partial charge in [-0.15, -0.1) is 0 Å². The van der Waals surface area contributed by atoms with E-state index in [1.807, 2.05) is 4.72 Å². The van der Waals surface area contributed by atoms with E-state index in [1.165, 1.54) is 12.1 Å². The van der Waals surface area contributed by atoms with Gasteiger partial charge >= 0.3 is 6.18 Å². The number of hydrogen-bond acceptors (Lipinski definition) is 4. The summed E-state index contributed by atoms with van der Waals surface area (Å²) in [5.74, 6) is -0.570. The fraction of sp³-hybridized carbons (Fsp3) is 0.125. The summed E-state index contributed by atoms with van der Waals surface area (Å²) in [6.07, 6.45) is -4.86. The molecule has 0 radical (unpaired) electrons. The minimum absolute atomic E-state index is 0.0462. The SMILES string of the molecule is CC(=O)Nc1ccc(NS(=O)(=O)c2cccc(C#N)c2)c(C(F)(F)F)c1. The monoisotopic (exact) mass is 383 g/mol. The fourth-order valence-corrected chi connectivity index (χ4v) is 3.21. The first-order valence-corrected chi connectivity index (χ1v) is 8.53. The molecule has 0 aliphatic rings. The highest BCUT2D eigenvalue weighted by atomic mass is 32.2. The van der Waals surface area contributed by atoms with Gasteiger partial charge in [-0.2, -0.15) is 18.4 Å². The van der Waals surface area contributed by atoms with E-state index in [1.54, 1.807) is 6.07 Å². The summed E-state index contributed by atoms with van der Waals surface area (Å²) in [5.41, 5.74) is -2.04. The van der Waals surface area contributed by atoms with Gasteiger partial charge < -0.3 is 5.32 Å². The lowest BCUT2D eigenvalue weighted by Gasteiger charge is -2.16. The molecular weight excluding hydrogens is 371 g/mol. The van der Waals surface area contributed by atoms with Crippen LogP contribution in [0.15, 0.2) is 47.4 Å². The Hall–Kier alpha value is -3.06. The maximum absolute atomic E-state index is 13.3. The number of nitrogens with one attached hydrogen (secondary N) is 2. The molecule has 0 aliphatic heterocycles. The Bertz CT molecular complexity index is 996. The van der Waals surface area contributed by atoms with Crippen molar-refractivity contribution in [2.45, 2.75) is 18.0 Å². The second-order valence-corrected chi connectivity index (χ2v) is 6.87. The molecule has 10 heteroatoms. The van der Waals surface area contributed by atoms with E-state index in [9.17, 15) is 26.4 Å². The van der Waals surface area contributed by atoms with Crippen LogP contribution in [0.1, 0.15) is 18.1 Å². The number of hydrogen-bond donors (Lipinski definition) is 2. The van der Waals surface area contributed by atoms with Gasteiger partial charge in [0.25, 0.3) is 10.0 Å². The highest BCUT2D eigenvalue weighted by Crippen LogP contribution is 2.37. The summed E-state index contributed by atoms with van der Waals surface area (Å²) in [6.45, 7) is 1.13. The summed E-state index contributed by atoms with van der Waals surface area (Å²) in [6, 6.07) is 9.29. The van der Waals surface area contributed by atoms with Crippen LogP contribution in [0.5, 0.6) is 0 Å². The first kappa shape index (κ1) is 19.3. The predicted octanol–water partition coefficient (Wildman–Crippen LogP) is 3.34. The normalized spacial score (nSPS) is 11.5. The molecule has 0 aromatic heterocycles. The molecule has 2 aromatic rings. The van der Waals surface area contributed by atoms with Gasteiger partial charge in [-0.1, -0.05) is 6.07 Å². The number of alkyl halides is 3. The standard InChI is InChI=1S/C16H12F3N3O3S/c1-10(23)21-12-5-6-15(14(8-12)16(17,18)19)22-26(24,25)13-4-2-3-11(7-13)9-20/h2-8,22H,1H3,(H,21,23). The second kappa shape index (κ2) is 7.05. The number of rotatable bonds is 4. The molecule has 2 aromatic carbocycles. The van der Waals surface area contributed by atoms with E-state index >= 15 is 0 Å². The third-order valence-corrected chi connectivity index (χ3v) is 4.53. The minimum Gasteiger partial charge on any atom is -0.326 e. The fourth-order valence-electron chi connectivity index (χ4n) is 2.09. The molecular formula is C16H12F3N3O3S. The van der Waals surface area contributed by atoms with Crippen LogP contribution >= 0.6 is 0 Å². The molecule has 6 nitrogen and oxygen atoms in total. The number of amides is 1. The van der Waals surface area contributed by atoms with Crippen LogP contribution in [0.2, 0.25) is 0 Å². The Kier molecular flexibility index (Phi) is 5.22. The summed E-state index contributed by atoms with van der Waals surface area (Å²) < 4.78 is 66.4. The smallest absolute Gasteiger partial charge is 0.326 e. The van der Waals surface area contributed by atoms with Crippen molar-refractivity contribution in [3.63, 3.8) is 0 Å². The Morgan fingerprint density at radius 3 is 2.42 bits per heavy atom. The summed E-state index contributed by atoms with van der Waals surface area (Å²) in [5, 5.41) is 11.0. The van der Waals surface area contributed by atoms with Crippen molar-refractivity contribution in [1.82, 2.24) is 0 Å². The number of nitrogens with zero attached hydrogens (tertiary/aromatic N) is 1. The van der Waals surface area contributed by atoms with E-state index in [4.69, 9.17) is 5.26 Å². The van der Waals surface area contributed by atoms with Crippen molar-refractivity contribution in [2.75, 3.05) is 10.0 Å². The van der Waals surface area contributed by atoms with Gasteiger partial charge in [0.05, 0.1) is 27.8 Å². The molecule has 2 rings (SSSR count). The van der Waals surface area contributed by atoms with Gasteiger partial charge in [0.1, 0.15) is 0 Å². The lowest BCUT2D eigenvalue weighted by atomic mass is 10.1. The van der Waals surface area contributed by atoms with Gasteiger partial charge in [-0.3, -0.25) is 9.52 Å². The van der Waals surface area contributed by atoms with E-state index in [0.29, 0.717) is 6.07 Å². The van der Waals surface area contributed by atoms with E-state index in [0.717, 1.165) is 31.2 Å². The third-order valence-electron chi connectivity index (χ3n) is 3.16. The maximum Gasteiger partial charge on any atom is 0.418 e. The zero-order chi connectivity index (χ0) is 19.5. The van der Waals surface area contributed by atoms with Crippen LogP contribution in [0.3, 0.4) is 0 Å². The molecule has 0 aliphatic carbocycles. The molecule has 0 saturated heterocycles. The summed E-state index contributed by atoms with van der Waals surface area (Å²) in [7, 11) is -4.35. The van der Waals surface area contributed by atoms with Crippen LogP contribution in [0.4, 0.5) is 24.5 Å². The van der Waals surface area contributed by atoms with Crippen molar-refractivity contribution in [2.24, 2.45) is 0 Å². The molecule has 0 fully saturated rings. The van der Waals surface area contributed by atoms with Crippen molar-refractivity contribution in [3.05, 3.63) is 53.6 Å². The number of sulfonamides is 1. The Balaban J connectivity index is 2.47. The highest BCUT2D eigenvalue weighted by Gasteiger charge is 2.35. The minimum atomic E-state index is -4.86. The van der Waals surface area contributed by atoms with Crippen molar-refractivity contribution >= 4 is 27.3 Å². The number of halogens is 3. The first-order valence-electron chi connectivity index (χ1n) is 7.05. The van der Waals surface area contributed by atoms with Gasteiger partial charge in [0.15, 0.2) is 0 Å². The summed E-state index contributed by atoms with van der Waals surface area (Å²) in [4.78, 5) is 10.7. The zero-order valence-corrected chi connectivity index (χ0v) is 14.1. The van der Waals surface area contributed by atoms with E-state index in [2.05, 4.69) is 5.32 Å². The van der Waals surface area contributed by atoms with Crippen LogP contribution < -0.4 is 10.0 Å². The Morgan fingerprint density at radius 1 is 1.15 bits per heavy atom. The molecule has 0 atom stereocenters. The highest BCUT2D eigenvalue weighted by molar-refractivity contribution is 7.92. The predicted molar refractivity (Wildman–Crippen MR) is 87.7 cm³/mol. The van der Waals surface area contributed by atoms with Gasteiger partial charge in [-0.05, 0) is 36.4 Å². The third kappa shape index (κ3) is 4.52. The van der Waals surface area contributed by atoms with E-state index in [-0.39, 0.29) is 16.1 Å². The molecule has 136 valence electrons. The quantitative estimate of drug-likeness (QED) is 0.846. The number of carbonyl (C=O) groups is 1. The molecule has 0 unspecified atom stereocenters. The zero-order valence-electron chi connectivity index (χ0n) is 13.3. The average molecular weight is 383 g/mol. The van der Waals surface area contributed by atoms with Crippen molar-refractivity contribution in [3.8, 4) is 6.07 Å². The number of benzene rings is 2. The van der Waals surface area contributed by atoms with Crippen LogP contribution in [-0.4, -0.2) is 14.3 Å². The van der Waals surface area contributed by atoms with Crippen LogP contribution in [0.25, 0.3) is 0 Å². The number of anilines is 2. The summed E-state index contributed by atoms with van der Waals surface area (Å²) >= 11 is 0. The van der Waals surface area contributed by atoms with Crippen LogP contribution in [0, 0.1) is 11.3 Å². The molecule has 0 bridgehead atoms. The molecule has 0 saturated carbocycles.